The van der Waals surface area contributed by atoms with E-state index in [0.29, 0.717) is 16.3 Å². The fraction of sp³-hybridized carbons (Fsp3) is 0.111. The Kier molecular flexibility index (Phi) is 4.37. The van der Waals surface area contributed by atoms with E-state index in [1.807, 2.05) is 0 Å². The maximum absolute atomic E-state index is 12.7. The number of rotatable bonds is 3. The molecule has 0 aliphatic carbocycles. The van der Waals surface area contributed by atoms with E-state index in [1.165, 1.54) is 37.5 Å². The van der Waals surface area contributed by atoms with Gasteiger partial charge in [-0.05, 0) is 42.0 Å². The summed E-state index contributed by atoms with van der Waals surface area (Å²) >= 11 is 5.98. The number of hydrogen-bond donors (Lipinski definition) is 2. The molecule has 3 rings (SSSR count). The highest BCUT2D eigenvalue weighted by Crippen LogP contribution is 2.36. The van der Waals surface area contributed by atoms with Gasteiger partial charge < -0.3 is 14.9 Å². The molecule has 1 aliphatic heterocycles. The number of carbonyl (C=O) groups excluding carboxylic acids is 2. The van der Waals surface area contributed by atoms with Gasteiger partial charge in [-0.25, -0.2) is 4.90 Å². The van der Waals surface area contributed by atoms with Gasteiger partial charge in [0.1, 0.15) is 5.75 Å². The van der Waals surface area contributed by atoms with Gasteiger partial charge in [-0.1, -0.05) is 17.7 Å². The van der Waals surface area contributed by atoms with E-state index in [9.17, 15) is 19.8 Å². The van der Waals surface area contributed by atoms with Gasteiger partial charge in [0.15, 0.2) is 11.5 Å². The lowest BCUT2D eigenvalue weighted by Gasteiger charge is -2.17. The summed E-state index contributed by atoms with van der Waals surface area (Å²) in [5, 5.41) is 19.3. The van der Waals surface area contributed by atoms with E-state index in [4.69, 9.17) is 16.3 Å². The summed E-state index contributed by atoms with van der Waals surface area (Å²) in [5.41, 5.74) is 1.03. The molecule has 2 N–H and O–H groups in total. The van der Waals surface area contributed by atoms with Crippen molar-refractivity contribution in [1.29, 1.82) is 0 Å². The number of ether oxygens (including phenoxy) is 1. The molecule has 1 heterocycles. The lowest BCUT2D eigenvalue weighted by Crippen LogP contribution is -2.29. The van der Waals surface area contributed by atoms with E-state index in [-0.39, 0.29) is 29.2 Å². The Morgan fingerprint density at radius 3 is 2.56 bits per heavy atom. The van der Waals surface area contributed by atoms with E-state index in [0.717, 1.165) is 4.90 Å². The molecule has 2 amide bonds. The first kappa shape index (κ1) is 16.9. The van der Waals surface area contributed by atoms with Crippen molar-refractivity contribution >= 4 is 35.2 Å². The van der Waals surface area contributed by atoms with Crippen LogP contribution < -0.4 is 9.64 Å². The lowest BCUT2D eigenvalue weighted by atomic mass is 10.1. The van der Waals surface area contributed by atoms with Crippen LogP contribution in [0.2, 0.25) is 5.02 Å². The smallest absolute Gasteiger partial charge is 0.261 e. The third kappa shape index (κ3) is 3.16. The molecular weight excluding hydrogens is 346 g/mol. The Morgan fingerprint density at radius 1 is 1.12 bits per heavy atom. The maximum atomic E-state index is 12.7. The molecule has 2 aromatic carbocycles. The van der Waals surface area contributed by atoms with Gasteiger partial charge in [-0.2, -0.15) is 0 Å². The molecule has 128 valence electrons. The SMILES string of the molecule is COc1ccc(Cl)cc1N1C(=O)CC(=Cc2ccc(O)c(O)c2)C1=O. The molecule has 0 saturated carbocycles. The predicted molar refractivity (Wildman–Crippen MR) is 92.9 cm³/mol. The third-order valence-electron chi connectivity index (χ3n) is 3.79. The molecule has 6 nitrogen and oxygen atoms in total. The largest absolute Gasteiger partial charge is 0.504 e. The molecule has 1 saturated heterocycles. The van der Waals surface area contributed by atoms with Crippen molar-refractivity contribution in [2.75, 3.05) is 12.0 Å². The van der Waals surface area contributed by atoms with Crippen molar-refractivity contribution in [3.63, 3.8) is 0 Å². The highest BCUT2D eigenvalue weighted by molar-refractivity contribution is 6.33. The molecule has 0 bridgehead atoms. The van der Waals surface area contributed by atoms with Crippen molar-refractivity contribution in [2.24, 2.45) is 0 Å². The first-order valence-corrected chi connectivity index (χ1v) is 7.72. The monoisotopic (exact) mass is 359 g/mol. The minimum atomic E-state index is -0.488. The molecule has 1 aliphatic rings. The number of imide groups is 1. The molecule has 1 fully saturated rings. The molecule has 25 heavy (non-hydrogen) atoms. The number of nitrogens with zero attached hydrogens (tertiary/aromatic N) is 1. The molecule has 0 aromatic heterocycles. The summed E-state index contributed by atoms with van der Waals surface area (Å²) in [5.74, 6) is -1.10. The Bertz CT molecular complexity index is 906. The van der Waals surface area contributed by atoms with Crippen LogP contribution in [-0.4, -0.2) is 29.1 Å². The van der Waals surface area contributed by atoms with Gasteiger partial charge in [0, 0.05) is 10.6 Å². The standard InChI is InChI=1S/C18H14ClNO5/c1-25-16-5-3-12(19)9-13(16)20-17(23)8-11(18(20)24)6-10-2-4-14(21)15(22)7-10/h2-7,9,21-22H,8H2,1H3. The summed E-state index contributed by atoms with van der Waals surface area (Å²) in [6.45, 7) is 0. The minimum absolute atomic E-state index is 0.0872. The van der Waals surface area contributed by atoms with Crippen LogP contribution in [0.15, 0.2) is 42.0 Å². The number of phenols is 2. The van der Waals surface area contributed by atoms with Crippen molar-refractivity contribution in [3.05, 3.63) is 52.6 Å². The average Bonchev–Trinajstić information content (AvgIpc) is 2.84. The van der Waals surface area contributed by atoms with Crippen LogP contribution in [0.3, 0.4) is 0 Å². The second kappa shape index (κ2) is 6.49. The van der Waals surface area contributed by atoms with Crippen LogP contribution in [0.4, 0.5) is 5.69 Å². The number of carbonyl (C=O) groups is 2. The molecule has 0 atom stereocenters. The third-order valence-corrected chi connectivity index (χ3v) is 4.03. The van der Waals surface area contributed by atoms with Crippen molar-refractivity contribution in [3.8, 4) is 17.2 Å². The molecule has 0 radical (unpaired) electrons. The highest BCUT2D eigenvalue weighted by Gasteiger charge is 2.36. The quantitative estimate of drug-likeness (QED) is 0.499. The first-order chi connectivity index (χ1) is 11.9. The molecule has 2 aromatic rings. The Balaban J connectivity index is 1.99. The van der Waals surface area contributed by atoms with Gasteiger partial charge >= 0.3 is 0 Å². The van der Waals surface area contributed by atoms with Crippen LogP contribution in [0.1, 0.15) is 12.0 Å². The van der Waals surface area contributed by atoms with Crippen LogP contribution in [0, 0.1) is 0 Å². The summed E-state index contributed by atoms with van der Waals surface area (Å²) in [4.78, 5) is 26.1. The maximum Gasteiger partial charge on any atom is 0.261 e. The number of phenolic OH excluding ortho intramolecular Hbond substituents is 2. The topological polar surface area (TPSA) is 87.1 Å². The van der Waals surface area contributed by atoms with Crippen LogP contribution in [-0.2, 0) is 9.59 Å². The van der Waals surface area contributed by atoms with Crippen LogP contribution >= 0.6 is 11.6 Å². The summed E-state index contributed by atoms with van der Waals surface area (Å²) < 4.78 is 5.21. The van der Waals surface area contributed by atoms with E-state index in [1.54, 1.807) is 12.1 Å². The highest BCUT2D eigenvalue weighted by atomic mass is 35.5. The number of halogens is 1. The van der Waals surface area contributed by atoms with Crippen molar-refractivity contribution in [1.82, 2.24) is 0 Å². The molecule has 7 heteroatoms. The zero-order valence-corrected chi connectivity index (χ0v) is 13.9. The normalized spacial score (nSPS) is 15.9. The summed E-state index contributed by atoms with van der Waals surface area (Å²) in [6, 6.07) is 8.82. The number of aromatic hydroxyl groups is 2. The van der Waals surface area contributed by atoms with E-state index >= 15 is 0 Å². The molecule has 0 unspecified atom stereocenters. The molecule has 0 spiro atoms. The number of hydrogen-bond acceptors (Lipinski definition) is 5. The predicted octanol–water partition coefficient (Wildman–Crippen LogP) is 3.11. The van der Waals surface area contributed by atoms with Crippen LogP contribution in [0.5, 0.6) is 17.2 Å². The van der Waals surface area contributed by atoms with Crippen molar-refractivity contribution < 1.29 is 24.5 Å². The molecular formula is C18H14ClNO5. The number of anilines is 1. The van der Waals surface area contributed by atoms with Gasteiger partial charge in [0.05, 0.1) is 19.2 Å². The van der Waals surface area contributed by atoms with E-state index in [2.05, 4.69) is 0 Å². The Hall–Kier alpha value is -2.99. The fourth-order valence-electron chi connectivity index (χ4n) is 2.60. The number of amides is 2. The van der Waals surface area contributed by atoms with Gasteiger partial charge in [-0.15, -0.1) is 0 Å². The second-order valence-electron chi connectivity index (χ2n) is 5.44. The van der Waals surface area contributed by atoms with Gasteiger partial charge in [0.25, 0.3) is 5.91 Å². The second-order valence-corrected chi connectivity index (χ2v) is 5.88. The Labute approximate surface area is 148 Å². The summed E-state index contributed by atoms with van der Waals surface area (Å²) in [7, 11) is 1.44. The minimum Gasteiger partial charge on any atom is -0.504 e. The van der Waals surface area contributed by atoms with E-state index < -0.39 is 11.8 Å². The Morgan fingerprint density at radius 2 is 1.88 bits per heavy atom. The van der Waals surface area contributed by atoms with Crippen molar-refractivity contribution in [2.45, 2.75) is 6.42 Å². The van der Waals surface area contributed by atoms with Crippen LogP contribution in [0.25, 0.3) is 6.08 Å². The average molecular weight is 360 g/mol. The van der Waals surface area contributed by atoms with Gasteiger partial charge in [-0.3, -0.25) is 9.59 Å². The fourth-order valence-corrected chi connectivity index (χ4v) is 2.77. The zero-order valence-electron chi connectivity index (χ0n) is 13.2. The van der Waals surface area contributed by atoms with Gasteiger partial charge in [0.2, 0.25) is 5.91 Å². The first-order valence-electron chi connectivity index (χ1n) is 7.34. The summed E-state index contributed by atoms with van der Waals surface area (Å²) in [6.07, 6.45) is 1.41. The number of methoxy groups -OCH3 is 1. The lowest BCUT2D eigenvalue weighted by molar-refractivity contribution is -0.120. The number of benzene rings is 2. The zero-order chi connectivity index (χ0) is 18.1.